The number of halogens is 1. The summed E-state index contributed by atoms with van der Waals surface area (Å²) in [5, 5.41) is 6.40. The van der Waals surface area contributed by atoms with Crippen LogP contribution in [0.1, 0.15) is 45.4 Å². The van der Waals surface area contributed by atoms with Gasteiger partial charge in [0.15, 0.2) is 0 Å². The van der Waals surface area contributed by atoms with Crippen LogP contribution in [0.2, 0.25) is 0 Å². The van der Waals surface area contributed by atoms with Crippen LogP contribution in [0.25, 0.3) is 0 Å². The van der Waals surface area contributed by atoms with Crippen LogP contribution in [0.3, 0.4) is 0 Å². The zero-order valence-corrected chi connectivity index (χ0v) is 10.9. The fourth-order valence-corrected chi connectivity index (χ4v) is 2.22. The molecule has 16 heavy (non-hydrogen) atoms. The van der Waals surface area contributed by atoms with Crippen molar-refractivity contribution in [2.75, 3.05) is 13.1 Å². The first-order valence-corrected chi connectivity index (χ1v) is 6.26. The first kappa shape index (κ1) is 13.8. The highest BCUT2D eigenvalue weighted by molar-refractivity contribution is 5.85. The first-order chi connectivity index (χ1) is 7.24. The SMILES string of the molecule is CCC1(NC(=O)CNCC2CC2)CCC1.Cl. The van der Waals surface area contributed by atoms with Gasteiger partial charge in [-0.2, -0.15) is 0 Å². The highest BCUT2D eigenvalue weighted by Gasteiger charge is 2.36. The number of hydrogen-bond donors (Lipinski definition) is 2. The molecule has 2 N–H and O–H groups in total. The van der Waals surface area contributed by atoms with Crippen molar-refractivity contribution in [1.82, 2.24) is 10.6 Å². The Morgan fingerprint density at radius 1 is 1.38 bits per heavy atom. The van der Waals surface area contributed by atoms with Crippen LogP contribution in [-0.2, 0) is 4.79 Å². The van der Waals surface area contributed by atoms with E-state index in [2.05, 4.69) is 17.6 Å². The van der Waals surface area contributed by atoms with Crippen molar-refractivity contribution in [3.05, 3.63) is 0 Å². The fourth-order valence-electron chi connectivity index (χ4n) is 2.22. The van der Waals surface area contributed by atoms with Gasteiger partial charge in [0, 0.05) is 5.54 Å². The van der Waals surface area contributed by atoms with E-state index in [0.29, 0.717) is 6.54 Å². The van der Waals surface area contributed by atoms with Gasteiger partial charge in [0.2, 0.25) is 5.91 Å². The van der Waals surface area contributed by atoms with Gasteiger partial charge in [0.05, 0.1) is 6.54 Å². The molecule has 4 heteroatoms. The summed E-state index contributed by atoms with van der Waals surface area (Å²) < 4.78 is 0. The molecule has 1 amide bonds. The topological polar surface area (TPSA) is 41.1 Å². The quantitative estimate of drug-likeness (QED) is 0.751. The van der Waals surface area contributed by atoms with Gasteiger partial charge in [0.25, 0.3) is 0 Å². The Morgan fingerprint density at radius 3 is 2.50 bits per heavy atom. The lowest BCUT2D eigenvalue weighted by molar-refractivity contribution is -0.123. The Bertz CT molecular complexity index is 232. The van der Waals surface area contributed by atoms with Crippen LogP contribution in [0.5, 0.6) is 0 Å². The highest BCUT2D eigenvalue weighted by Crippen LogP contribution is 2.34. The van der Waals surface area contributed by atoms with Crippen LogP contribution in [0.4, 0.5) is 0 Å². The Kier molecular flexibility index (Phi) is 5.06. The molecule has 0 aromatic carbocycles. The molecule has 2 aliphatic rings. The zero-order chi connectivity index (χ0) is 10.7. The van der Waals surface area contributed by atoms with Crippen LogP contribution in [0.15, 0.2) is 0 Å². The molecule has 0 saturated heterocycles. The van der Waals surface area contributed by atoms with Gasteiger partial charge in [-0.1, -0.05) is 6.92 Å². The second kappa shape index (κ2) is 5.87. The van der Waals surface area contributed by atoms with E-state index in [0.717, 1.165) is 31.7 Å². The van der Waals surface area contributed by atoms with E-state index < -0.39 is 0 Å². The van der Waals surface area contributed by atoms with Gasteiger partial charge in [-0.05, 0) is 51.0 Å². The molecule has 0 spiro atoms. The monoisotopic (exact) mass is 246 g/mol. The standard InChI is InChI=1S/C12H22N2O.ClH/c1-2-12(6-3-7-12)14-11(15)9-13-8-10-4-5-10;/h10,13H,2-9H2,1H3,(H,14,15);1H. The lowest BCUT2D eigenvalue weighted by Gasteiger charge is -2.42. The van der Waals surface area contributed by atoms with Crippen LogP contribution in [0, 0.1) is 5.92 Å². The molecule has 0 heterocycles. The smallest absolute Gasteiger partial charge is 0.234 e. The largest absolute Gasteiger partial charge is 0.350 e. The highest BCUT2D eigenvalue weighted by atomic mass is 35.5. The first-order valence-electron chi connectivity index (χ1n) is 6.26. The Labute approximate surface area is 104 Å². The third-order valence-electron chi connectivity index (χ3n) is 3.81. The second-order valence-electron chi connectivity index (χ2n) is 5.11. The van der Waals surface area contributed by atoms with Gasteiger partial charge < -0.3 is 10.6 Å². The summed E-state index contributed by atoms with van der Waals surface area (Å²) in [5.74, 6) is 1.03. The fraction of sp³-hybridized carbons (Fsp3) is 0.917. The van der Waals surface area contributed by atoms with Crippen LogP contribution in [-0.4, -0.2) is 24.5 Å². The normalized spacial score (nSPS) is 21.8. The summed E-state index contributed by atoms with van der Waals surface area (Å²) in [6.45, 7) is 3.68. The maximum Gasteiger partial charge on any atom is 0.234 e. The Hall–Kier alpha value is -0.280. The molecule has 0 unspecified atom stereocenters. The minimum atomic E-state index is 0. The number of nitrogens with one attached hydrogen (secondary N) is 2. The maximum absolute atomic E-state index is 11.6. The molecule has 2 saturated carbocycles. The van der Waals surface area contributed by atoms with Crippen molar-refractivity contribution in [2.24, 2.45) is 5.92 Å². The van der Waals surface area contributed by atoms with Gasteiger partial charge in [-0.25, -0.2) is 0 Å². The predicted molar refractivity (Wildman–Crippen MR) is 67.9 cm³/mol. The number of carbonyl (C=O) groups is 1. The summed E-state index contributed by atoms with van der Waals surface area (Å²) in [4.78, 5) is 11.6. The van der Waals surface area contributed by atoms with Crippen molar-refractivity contribution in [3.63, 3.8) is 0 Å². The molecule has 2 fully saturated rings. The number of hydrogen-bond acceptors (Lipinski definition) is 2. The summed E-state index contributed by atoms with van der Waals surface area (Å²) in [6.07, 6.45) is 7.35. The van der Waals surface area contributed by atoms with E-state index in [1.807, 2.05) is 0 Å². The summed E-state index contributed by atoms with van der Waals surface area (Å²) >= 11 is 0. The molecule has 2 aliphatic carbocycles. The molecule has 0 aromatic rings. The average Bonchev–Trinajstić information content (AvgIpc) is 2.95. The number of carbonyl (C=O) groups excluding carboxylic acids is 1. The van der Waals surface area contributed by atoms with Gasteiger partial charge in [0.1, 0.15) is 0 Å². The molecule has 0 radical (unpaired) electrons. The van der Waals surface area contributed by atoms with Gasteiger partial charge in [-0.3, -0.25) is 4.79 Å². The lowest BCUT2D eigenvalue weighted by atomic mass is 9.75. The molecule has 94 valence electrons. The summed E-state index contributed by atoms with van der Waals surface area (Å²) in [6, 6.07) is 0. The van der Waals surface area contributed by atoms with Gasteiger partial charge in [-0.15, -0.1) is 12.4 Å². The molecule has 0 atom stereocenters. The van der Waals surface area contributed by atoms with Crippen molar-refractivity contribution in [3.8, 4) is 0 Å². The van der Waals surface area contributed by atoms with E-state index in [1.165, 1.54) is 19.3 Å². The molecule has 0 aliphatic heterocycles. The maximum atomic E-state index is 11.6. The van der Waals surface area contributed by atoms with Crippen LogP contribution >= 0.6 is 12.4 Å². The second-order valence-corrected chi connectivity index (χ2v) is 5.11. The summed E-state index contributed by atoms with van der Waals surface area (Å²) in [5.41, 5.74) is 0.151. The lowest BCUT2D eigenvalue weighted by Crippen LogP contribution is -2.54. The van der Waals surface area contributed by atoms with E-state index in [9.17, 15) is 4.79 Å². The Morgan fingerprint density at radius 2 is 2.06 bits per heavy atom. The molecule has 3 nitrogen and oxygen atoms in total. The third-order valence-corrected chi connectivity index (χ3v) is 3.81. The van der Waals surface area contributed by atoms with Gasteiger partial charge >= 0.3 is 0 Å². The van der Waals surface area contributed by atoms with Crippen molar-refractivity contribution in [1.29, 1.82) is 0 Å². The molecular formula is C12H23ClN2O. The predicted octanol–water partition coefficient (Wildman–Crippen LogP) is 1.86. The zero-order valence-electron chi connectivity index (χ0n) is 10.1. The van der Waals surface area contributed by atoms with E-state index in [-0.39, 0.29) is 23.9 Å². The van der Waals surface area contributed by atoms with Crippen molar-refractivity contribution in [2.45, 2.75) is 51.0 Å². The van der Waals surface area contributed by atoms with E-state index in [4.69, 9.17) is 0 Å². The average molecular weight is 247 g/mol. The van der Waals surface area contributed by atoms with Crippen LogP contribution < -0.4 is 10.6 Å². The van der Waals surface area contributed by atoms with E-state index in [1.54, 1.807) is 0 Å². The van der Waals surface area contributed by atoms with E-state index >= 15 is 0 Å². The minimum absolute atomic E-state index is 0. The van der Waals surface area contributed by atoms with Crippen molar-refractivity contribution >= 4 is 18.3 Å². The minimum Gasteiger partial charge on any atom is -0.350 e. The number of rotatable bonds is 6. The molecule has 0 aromatic heterocycles. The molecule has 0 bridgehead atoms. The third kappa shape index (κ3) is 3.63. The molecule has 2 rings (SSSR count). The number of amides is 1. The van der Waals surface area contributed by atoms with Crippen molar-refractivity contribution < 1.29 is 4.79 Å². The molecular weight excluding hydrogens is 224 g/mol. The Balaban J connectivity index is 0.00000128. The summed E-state index contributed by atoms with van der Waals surface area (Å²) in [7, 11) is 0.